The van der Waals surface area contributed by atoms with E-state index in [4.69, 9.17) is 5.84 Å². The van der Waals surface area contributed by atoms with Crippen molar-refractivity contribution in [1.82, 2.24) is 0 Å². The van der Waals surface area contributed by atoms with Gasteiger partial charge in [-0.25, -0.2) is 5.84 Å². The van der Waals surface area contributed by atoms with Gasteiger partial charge in [0.1, 0.15) is 5.75 Å². The number of nitrogens with zero attached hydrogens (tertiary/aromatic N) is 1. The number of hydrogen-bond acceptors (Lipinski definition) is 3. The Labute approximate surface area is 107 Å². The fourth-order valence-electron chi connectivity index (χ4n) is 1.78. The van der Waals surface area contributed by atoms with E-state index in [2.05, 4.69) is 31.2 Å². The Balaban J connectivity index is 1.93. The maximum Gasteiger partial charge on any atom is 0.115 e. The van der Waals surface area contributed by atoms with E-state index >= 15 is 0 Å². The summed E-state index contributed by atoms with van der Waals surface area (Å²) in [5.41, 5.74) is 3.44. The van der Waals surface area contributed by atoms with Crippen LogP contribution in [0.15, 0.2) is 48.5 Å². The van der Waals surface area contributed by atoms with Crippen molar-refractivity contribution in [3.63, 3.8) is 0 Å². The monoisotopic (exact) mass is 242 g/mol. The predicted molar refractivity (Wildman–Crippen MR) is 74.5 cm³/mol. The van der Waals surface area contributed by atoms with Crippen molar-refractivity contribution >= 4 is 5.69 Å². The topological polar surface area (TPSA) is 49.5 Å². The molecule has 0 heterocycles. The Hall–Kier alpha value is -2.00. The van der Waals surface area contributed by atoms with E-state index in [1.807, 2.05) is 12.1 Å². The fourth-order valence-corrected chi connectivity index (χ4v) is 1.78. The minimum Gasteiger partial charge on any atom is -0.508 e. The molecule has 3 heteroatoms. The minimum atomic E-state index is 0.255. The third kappa shape index (κ3) is 3.25. The molecular weight excluding hydrogens is 224 g/mol. The van der Waals surface area contributed by atoms with Crippen molar-refractivity contribution in [2.24, 2.45) is 5.84 Å². The lowest BCUT2D eigenvalue weighted by molar-refractivity contribution is 0.475. The van der Waals surface area contributed by atoms with E-state index in [1.54, 1.807) is 17.1 Å². The van der Waals surface area contributed by atoms with Gasteiger partial charge in [0.05, 0.1) is 5.69 Å². The molecule has 0 saturated heterocycles. The van der Waals surface area contributed by atoms with E-state index in [0.717, 1.165) is 18.7 Å². The first-order valence-electron chi connectivity index (χ1n) is 6.02. The van der Waals surface area contributed by atoms with Crippen LogP contribution in [-0.4, -0.2) is 11.7 Å². The maximum absolute atomic E-state index is 9.21. The largest absolute Gasteiger partial charge is 0.508 e. The second-order valence-corrected chi connectivity index (χ2v) is 4.45. The van der Waals surface area contributed by atoms with Gasteiger partial charge < -0.3 is 10.1 Å². The second-order valence-electron chi connectivity index (χ2n) is 4.45. The Kier molecular flexibility index (Phi) is 3.85. The molecule has 0 aliphatic carbocycles. The lowest BCUT2D eigenvalue weighted by Gasteiger charge is -2.18. The summed E-state index contributed by atoms with van der Waals surface area (Å²) in [6.07, 6.45) is 0.900. The molecule has 0 aromatic heterocycles. The molecule has 94 valence electrons. The first-order valence-corrected chi connectivity index (χ1v) is 6.02. The minimum absolute atomic E-state index is 0.255. The molecule has 18 heavy (non-hydrogen) atoms. The van der Waals surface area contributed by atoms with Crippen molar-refractivity contribution in [2.45, 2.75) is 13.3 Å². The predicted octanol–water partition coefficient (Wildman–Crippen LogP) is 2.62. The van der Waals surface area contributed by atoms with E-state index < -0.39 is 0 Å². The average molecular weight is 242 g/mol. The van der Waals surface area contributed by atoms with Gasteiger partial charge >= 0.3 is 0 Å². The maximum atomic E-state index is 9.21. The lowest BCUT2D eigenvalue weighted by Crippen LogP contribution is -2.32. The molecule has 0 unspecified atom stereocenters. The lowest BCUT2D eigenvalue weighted by atomic mass is 10.1. The number of aromatic hydroxyl groups is 1. The van der Waals surface area contributed by atoms with Gasteiger partial charge in [0.2, 0.25) is 0 Å². The second kappa shape index (κ2) is 5.56. The zero-order valence-corrected chi connectivity index (χ0v) is 10.5. The average Bonchev–Trinajstić information content (AvgIpc) is 2.38. The molecule has 0 amide bonds. The van der Waals surface area contributed by atoms with Crippen LogP contribution < -0.4 is 10.9 Å². The van der Waals surface area contributed by atoms with Crippen LogP contribution in [0.3, 0.4) is 0 Å². The first-order chi connectivity index (χ1) is 8.65. The highest BCUT2D eigenvalue weighted by atomic mass is 16.3. The fraction of sp³-hybridized carbons (Fsp3) is 0.200. The normalized spacial score (nSPS) is 10.3. The van der Waals surface area contributed by atoms with Crippen LogP contribution in [0.2, 0.25) is 0 Å². The Bertz CT molecular complexity index is 491. The summed E-state index contributed by atoms with van der Waals surface area (Å²) >= 11 is 0. The molecule has 0 saturated carbocycles. The molecule has 2 rings (SSSR count). The van der Waals surface area contributed by atoms with E-state index in [9.17, 15) is 5.11 Å². The highest BCUT2D eigenvalue weighted by Crippen LogP contribution is 2.16. The molecule has 3 N–H and O–H groups in total. The molecule has 0 fully saturated rings. The Morgan fingerprint density at radius 3 is 2.22 bits per heavy atom. The third-order valence-corrected chi connectivity index (χ3v) is 2.94. The van der Waals surface area contributed by atoms with Crippen molar-refractivity contribution < 1.29 is 5.11 Å². The van der Waals surface area contributed by atoms with Gasteiger partial charge in [0, 0.05) is 6.54 Å². The van der Waals surface area contributed by atoms with Crippen LogP contribution in [0.4, 0.5) is 5.69 Å². The summed E-state index contributed by atoms with van der Waals surface area (Å²) in [5.74, 6) is 6.23. The van der Waals surface area contributed by atoms with Gasteiger partial charge in [-0.3, -0.25) is 0 Å². The molecule has 0 spiro atoms. The SMILES string of the molecule is Cc1ccc(CCN(N)c2ccc(O)cc2)cc1. The molecule has 2 aromatic carbocycles. The standard InChI is InChI=1S/C15H18N2O/c1-12-2-4-13(5-3-12)10-11-17(16)14-6-8-15(18)9-7-14/h2-9,18H,10-11,16H2,1H3. The number of rotatable bonds is 4. The van der Waals surface area contributed by atoms with Crippen LogP contribution in [0.5, 0.6) is 5.75 Å². The summed E-state index contributed by atoms with van der Waals surface area (Å²) in [6.45, 7) is 2.82. The summed E-state index contributed by atoms with van der Waals surface area (Å²) in [7, 11) is 0. The smallest absolute Gasteiger partial charge is 0.115 e. The van der Waals surface area contributed by atoms with Crippen molar-refractivity contribution in [3.05, 3.63) is 59.7 Å². The van der Waals surface area contributed by atoms with Crippen molar-refractivity contribution in [2.75, 3.05) is 11.6 Å². The summed E-state index contributed by atoms with van der Waals surface area (Å²) in [5, 5.41) is 10.9. The summed E-state index contributed by atoms with van der Waals surface area (Å²) < 4.78 is 0. The van der Waals surface area contributed by atoms with Crippen LogP contribution >= 0.6 is 0 Å². The molecule has 0 atom stereocenters. The quantitative estimate of drug-likeness (QED) is 0.640. The van der Waals surface area contributed by atoms with Gasteiger partial charge in [-0.15, -0.1) is 0 Å². The Morgan fingerprint density at radius 1 is 1.00 bits per heavy atom. The number of benzene rings is 2. The molecule has 0 radical (unpaired) electrons. The number of hydrazine groups is 1. The number of anilines is 1. The molecular formula is C15H18N2O. The molecule has 0 aliphatic heterocycles. The highest BCUT2D eigenvalue weighted by Gasteiger charge is 2.02. The number of hydrogen-bond donors (Lipinski definition) is 2. The van der Waals surface area contributed by atoms with E-state index in [1.165, 1.54) is 11.1 Å². The Morgan fingerprint density at radius 2 is 1.61 bits per heavy atom. The molecule has 0 aliphatic rings. The zero-order chi connectivity index (χ0) is 13.0. The summed E-state index contributed by atoms with van der Waals surface area (Å²) in [4.78, 5) is 0. The van der Waals surface area contributed by atoms with Gasteiger partial charge in [0.15, 0.2) is 0 Å². The van der Waals surface area contributed by atoms with Crippen molar-refractivity contribution in [3.8, 4) is 5.75 Å². The third-order valence-electron chi connectivity index (χ3n) is 2.94. The zero-order valence-electron chi connectivity index (χ0n) is 10.5. The number of phenolic OH excluding ortho intramolecular Hbond substituents is 1. The molecule has 3 nitrogen and oxygen atoms in total. The van der Waals surface area contributed by atoms with E-state index in [0.29, 0.717) is 0 Å². The van der Waals surface area contributed by atoms with Crippen LogP contribution in [-0.2, 0) is 6.42 Å². The van der Waals surface area contributed by atoms with Gasteiger partial charge in [-0.1, -0.05) is 29.8 Å². The van der Waals surface area contributed by atoms with Crippen molar-refractivity contribution in [1.29, 1.82) is 0 Å². The number of aryl methyl sites for hydroxylation is 1. The summed E-state index contributed by atoms with van der Waals surface area (Å²) in [6, 6.07) is 15.4. The molecule has 2 aromatic rings. The number of nitrogens with two attached hydrogens (primary N) is 1. The van der Waals surface area contributed by atoms with Crippen LogP contribution in [0.25, 0.3) is 0 Å². The molecule has 0 bridgehead atoms. The van der Waals surface area contributed by atoms with Crippen LogP contribution in [0, 0.1) is 6.92 Å². The highest BCUT2D eigenvalue weighted by molar-refractivity contribution is 5.47. The van der Waals surface area contributed by atoms with Gasteiger partial charge in [0.25, 0.3) is 0 Å². The van der Waals surface area contributed by atoms with Gasteiger partial charge in [-0.2, -0.15) is 0 Å². The first kappa shape index (κ1) is 12.5. The van der Waals surface area contributed by atoms with Crippen LogP contribution in [0.1, 0.15) is 11.1 Å². The number of phenols is 1. The van der Waals surface area contributed by atoms with Gasteiger partial charge in [-0.05, 0) is 43.2 Å². The van der Waals surface area contributed by atoms with E-state index in [-0.39, 0.29) is 5.75 Å².